The van der Waals surface area contributed by atoms with Gasteiger partial charge in [-0.15, -0.1) is 0 Å². The third-order valence-electron chi connectivity index (χ3n) is 7.94. The fourth-order valence-electron chi connectivity index (χ4n) is 5.11. The number of anilines is 2. The second-order valence-electron chi connectivity index (χ2n) is 11.8. The van der Waals surface area contributed by atoms with Gasteiger partial charge in [0.25, 0.3) is 17.4 Å². The highest BCUT2D eigenvalue weighted by molar-refractivity contribution is 7.80. The summed E-state index contributed by atoms with van der Waals surface area (Å²) in [4.78, 5) is 112. The Labute approximate surface area is 313 Å². The molecule has 1 aliphatic heterocycles. The van der Waals surface area contributed by atoms with Gasteiger partial charge < -0.3 is 57.5 Å². The van der Waals surface area contributed by atoms with Crippen LogP contribution in [0.4, 0.5) is 11.6 Å². The fraction of sp³-hybridized carbons (Fsp3) is 0.400. The van der Waals surface area contributed by atoms with Gasteiger partial charge in [-0.1, -0.05) is 5.18 Å². The van der Waals surface area contributed by atoms with E-state index in [0.29, 0.717) is 11.4 Å². The van der Waals surface area contributed by atoms with E-state index in [1.54, 1.807) is 0 Å². The lowest BCUT2D eigenvalue weighted by Gasteiger charge is -2.39. The summed E-state index contributed by atoms with van der Waals surface area (Å²) < 4.78 is 4.99. The summed E-state index contributed by atoms with van der Waals surface area (Å²) in [6.45, 7) is -0.656. The van der Waals surface area contributed by atoms with Crippen molar-refractivity contribution in [1.29, 1.82) is 0 Å². The van der Waals surface area contributed by atoms with Crippen molar-refractivity contribution in [1.82, 2.24) is 41.2 Å². The molecule has 5 unspecified atom stereocenters. The number of rotatable bonds is 17. The van der Waals surface area contributed by atoms with E-state index in [0.717, 1.165) is 0 Å². The summed E-state index contributed by atoms with van der Waals surface area (Å²) in [6.07, 6.45) is -5.72. The molecule has 1 fully saturated rings. The number of carboxylic acid groups (broad SMARTS) is 2. The minimum atomic E-state index is -2.13. The number of nitrogens with one attached hydrogen (secondary N) is 6. The van der Waals surface area contributed by atoms with Crippen molar-refractivity contribution < 1.29 is 53.9 Å². The van der Waals surface area contributed by atoms with Crippen molar-refractivity contribution >= 4 is 71.0 Å². The first kappa shape index (κ1) is 41.4. The topological polar surface area (TPSA) is 380 Å². The Bertz CT molecular complexity index is 2000. The van der Waals surface area contributed by atoms with E-state index < -0.39 is 103 Å². The van der Waals surface area contributed by atoms with E-state index in [-0.39, 0.29) is 35.0 Å². The molecule has 0 spiro atoms. The highest BCUT2D eigenvalue weighted by atomic mass is 32.1. The van der Waals surface area contributed by atoms with Crippen molar-refractivity contribution in [3.05, 3.63) is 57.0 Å². The number of nitroso groups, excluding NO2 is 1. The first-order valence-corrected chi connectivity index (χ1v) is 16.7. The molecule has 294 valence electrons. The number of ether oxygens (including phenoxy) is 1. The standard InChI is InChI=1S/C30H35N11O13S/c31-30-39-23-20(25(46)40-30)35-13(8-33-23)7-32-12-3-1-11(2-4-12)24(45)37-14(27(48)49)5-6-16(42)38-18-19(41-53)22(54-29(52)21(18)44)26(47)34-9-17(43)36-15(10-55)28(50)51/h1-4,8,14-15,18-19,21-22,29,32,44,52,55H,5-7,9-10H2,(H,34,47)(H,36,43)(H,37,45)(H,38,42)(H,48,49)(H,50,51)(H3,31,33,39,40,46)/t14-,15-,18?,19?,21?,22?,29?/m0/s1. The Balaban J connectivity index is 1.30. The SMILES string of the molecule is Nc1nc2ncc(CNc3ccc(C(=O)N[C@@H](CCC(=O)NC4C(O)C(O)OC(C(=O)NCC(=O)N[C@@H](CS)C(=O)O)C4N=O)C(=O)O)cc3)nc2c(=O)[nH]1. The van der Waals surface area contributed by atoms with Gasteiger partial charge in [-0.25, -0.2) is 19.6 Å². The third kappa shape index (κ3) is 10.9. The first-order valence-electron chi connectivity index (χ1n) is 16.0. The minimum Gasteiger partial charge on any atom is -0.480 e. The number of H-pyrrole nitrogens is 1. The lowest BCUT2D eigenvalue weighted by atomic mass is 9.93. The number of fused-ring (bicyclic) bond motifs is 1. The van der Waals surface area contributed by atoms with E-state index in [4.69, 9.17) is 15.6 Å². The number of aromatic amines is 1. The molecule has 1 aliphatic rings. The maximum atomic E-state index is 12.9. The van der Waals surface area contributed by atoms with Gasteiger partial charge >= 0.3 is 11.9 Å². The number of nitrogens with two attached hydrogens (primary N) is 1. The van der Waals surface area contributed by atoms with Crippen molar-refractivity contribution in [2.24, 2.45) is 5.18 Å². The minimum absolute atomic E-state index is 0.00782. The number of carbonyl (C=O) groups excluding carboxylic acids is 4. The van der Waals surface area contributed by atoms with E-state index in [1.807, 2.05) is 0 Å². The number of aliphatic carboxylic acids is 2. The van der Waals surface area contributed by atoms with Crippen LogP contribution in [-0.4, -0.2) is 131 Å². The van der Waals surface area contributed by atoms with Gasteiger partial charge in [-0.2, -0.15) is 22.5 Å². The zero-order valence-corrected chi connectivity index (χ0v) is 29.1. The molecular weight excluding hydrogens is 754 g/mol. The molecule has 0 radical (unpaired) electrons. The van der Waals surface area contributed by atoms with E-state index >= 15 is 0 Å². The van der Waals surface area contributed by atoms with Gasteiger partial charge in [0, 0.05) is 23.4 Å². The molecule has 1 saturated heterocycles. The van der Waals surface area contributed by atoms with Gasteiger partial charge in [-0.05, 0) is 30.7 Å². The third-order valence-corrected chi connectivity index (χ3v) is 8.31. The maximum Gasteiger partial charge on any atom is 0.327 e. The number of nitrogen functional groups attached to an aromatic ring is 1. The van der Waals surface area contributed by atoms with Gasteiger partial charge in [0.2, 0.25) is 17.8 Å². The molecule has 0 aliphatic carbocycles. The van der Waals surface area contributed by atoms with Crippen LogP contribution in [0.2, 0.25) is 0 Å². The van der Waals surface area contributed by atoms with Crippen LogP contribution in [0.3, 0.4) is 0 Å². The van der Waals surface area contributed by atoms with Crippen molar-refractivity contribution in [2.75, 3.05) is 23.3 Å². The lowest BCUT2D eigenvalue weighted by Crippen LogP contribution is -2.66. The van der Waals surface area contributed by atoms with Crippen molar-refractivity contribution in [3.63, 3.8) is 0 Å². The van der Waals surface area contributed by atoms with Crippen LogP contribution >= 0.6 is 12.6 Å². The number of aromatic nitrogens is 4. The average molecular weight is 790 g/mol. The summed E-state index contributed by atoms with van der Waals surface area (Å²) in [5.74, 6) is -7.14. The van der Waals surface area contributed by atoms with Gasteiger partial charge in [0.15, 0.2) is 23.6 Å². The number of hydrogen-bond donors (Lipinski definition) is 12. The molecule has 55 heavy (non-hydrogen) atoms. The van der Waals surface area contributed by atoms with Crippen LogP contribution in [0.1, 0.15) is 28.9 Å². The lowest BCUT2D eigenvalue weighted by molar-refractivity contribution is -0.228. The Kier molecular flexibility index (Phi) is 14.0. The summed E-state index contributed by atoms with van der Waals surface area (Å²) in [6, 6.07) is -0.714. The van der Waals surface area contributed by atoms with Crippen molar-refractivity contribution in [2.45, 2.75) is 62.1 Å². The van der Waals surface area contributed by atoms with E-state index in [2.05, 4.69) is 64.3 Å². The van der Waals surface area contributed by atoms with Crippen LogP contribution in [0, 0.1) is 4.91 Å². The summed E-state index contributed by atoms with van der Waals surface area (Å²) in [5, 5.41) is 53.8. The highest BCUT2D eigenvalue weighted by Gasteiger charge is 2.49. The van der Waals surface area contributed by atoms with Crippen LogP contribution < -0.4 is 37.9 Å². The number of benzene rings is 1. The molecular formula is C30H35N11O13S. The van der Waals surface area contributed by atoms with Crippen LogP contribution in [0.15, 0.2) is 40.4 Å². The molecule has 1 aromatic carbocycles. The number of thiol groups is 1. The van der Waals surface area contributed by atoms with Gasteiger partial charge in [0.05, 0.1) is 31.0 Å². The van der Waals surface area contributed by atoms with Crippen molar-refractivity contribution in [3.8, 4) is 0 Å². The zero-order valence-electron chi connectivity index (χ0n) is 28.2. The molecule has 2 aromatic heterocycles. The normalized spacial score (nSPS) is 20.3. The smallest absolute Gasteiger partial charge is 0.327 e. The number of amides is 4. The molecule has 0 bridgehead atoms. The maximum absolute atomic E-state index is 12.9. The predicted molar refractivity (Wildman–Crippen MR) is 189 cm³/mol. The molecule has 25 heteroatoms. The largest absolute Gasteiger partial charge is 0.480 e. The number of carboxylic acids is 2. The van der Waals surface area contributed by atoms with Crippen LogP contribution in [0.5, 0.6) is 0 Å². The fourth-order valence-corrected chi connectivity index (χ4v) is 5.35. The number of aliphatic hydroxyl groups is 2. The summed E-state index contributed by atoms with van der Waals surface area (Å²) in [7, 11) is 0. The number of nitrogens with zero attached hydrogens (tertiary/aromatic N) is 4. The Morgan fingerprint density at radius 3 is 2.33 bits per heavy atom. The molecule has 12 N–H and O–H groups in total. The highest BCUT2D eigenvalue weighted by Crippen LogP contribution is 2.23. The van der Waals surface area contributed by atoms with E-state index in [1.165, 1.54) is 30.5 Å². The summed E-state index contributed by atoms with van der Waals surface area (Å²) >= 11 is 3.80. The second-order valence-corrected chi connectivity index (χ2v) is 12.2. The molecule has 0 saturated carbocycles. The monoisotopic (exact) mass is 789 g/mol. The average Bonchev–Trinajstić information content (AvgIpc) is 3.15. The molecule has 4 rings (SSSR count). The first-order chi connectivity index (χ1) is 26.1. The second kappa shape index (κ2) is 18.6. The number of aliphatic hydroxyl groups excluding tert-OH is 2. The molecule has 24 nitrogen and oxygen atoms in total. The Morgan fingerprint density at radius 1 is 1.00 bits per heavy atom. The quantitative estimate of drug-likeness (QED) is 0.0460. The number of hydrogen-bond acceptors (Lipinski definition) is 18. The van der Waals surface area contributed by atoms with Crippen LogP contribution in [-0.2, 0) is 35.3 Å². The Hall–Kier alpha value is -6.31. The van der Waals surface area contributed by atoms with Gasteiger partial charge in [-0.3, -0.25) is 29.0 Å². The molecule has 4 amide bonds. The van der Waals surface area contributed by atoms with Crippen LogP contribution in [0.25, 0.3) is 11.2 Å². The zero-order chi connectivity index (χ0) is 40.4. The summed E-state index contributed by atoms with van der Waals surface area (Å²) in [5.41, 5.74) is 6.00. The van der Waals surface area contributed by atoms with E-state index in [9.17, 15) is 53.8 Å². The molecule has 7 atom stereocenters. The molecule has 3 aromatic rings. The van der Waals surface area contributed by atoms with Gasteiger partial charge in [0.1, 0.15) is 24.2 Å². The Morgan fingerprint density at radius 2 is 1.69 bits per heavy atom. The predicted octanol–water partition coefficient (Wildman–Crippen LogP) is -3.82. The number of carbonyl (C=O) groups is 6. The molecule has 3 heterocycles.